The lowest BCUT2D eigenvalue weighted by atomic mass is 9.64. The van der Waals surface area contributed by atoms with Gasteiger partial charge in [0.2, 0.25) is 17.6 Å². The van der Waals surface area contributed by atoms with Crippen LogP contribution in [0.1, 0.15) is 26.3 Å². The molecule has 0 saturated carbocycles. The highest BCUT2D eigenvalue weighted by Gasteiger charge is 2.61. The number of methoxy groups -OCH3 is 1. The zero-order valence-electron chi connectivity index (χ0n) is 15.6. The van der Waals surface area contributed by atoms with Crippen LogP contribution in [0.2, 0.25) is 0 Å². The van der Waals surface area contributed by atoms with Gasteiger partial charge >= 0.3 is 0 Å². The zero-order chi connectivity index (χ0) is 21.2. The van der Waals surface area contributed by atoms with Crippen LogP contribution < -0.4 is 15.8 Å². The fourth-order valence-corrected chi connectivity index (χ4v) is 4.30. The van der Waals surface area contributed by atoms with Gasteiger partial charge in [0.15, 0.2) is 11.5 Å². The first kappa shape index (κ1) is 17.7. The molecule has 30 heavy (non-hydrogen) atoms. The van der Waals surface area contributed by atoms with Crippen molar-refractivity contribution in [1.29, 1.82) is 5.26 Å². The number of ether oxygens (including phenoxy) is 2. The Morgan fingerprint density at radius 2 is 1.80 bits per heavy atom. The van der Waals surface area contributed by atoms with Crippen molar-refractivity contribution in [3.8, 4) is 11.8 Å². The minimum Gasteiger partial charge on any atom is -0.497 e. The second-order valence-corrected chi connectivity index (χ2v) is 6.98. The summed E-state index contributed by atoms with van der Waals surface area (Å²) in [6.07, 6.45) is 0. The van der Waals surface area contributed by atoms with Crippen LogP contribution in [-0.4, -0.2) is 24.6 Å². The summed E-state index contributed by atoms with van der Waals surface area (Å²) in [4.78, 5) is 40.1. The maximum Gasteiger partial charge on any atom is 0.245 e. The lowest BCUT2D eigenvalue weighted by molar-refractivity contribution is -0.118. The van der Waals surface area contributed by atoms with Gasteiger partial charge in [-0.25, -0.2) is 0 Å². The molecular weight excluding hydrogens is 386 g/mol. The van der Waals surface area contributed by atoms with E-state index in [4.69, 9.17) is 15.2 Å². The molecule has 0 fully saturated rings. The number of carbonyl (C=O) groups excluding carboxylic acids is 3. The highest BCUT2D eigenvalue weighted by atomic mass is 16.5. The predicted molar refractivity (Wildman–Crippen MR) is 103 cm³/mol. The fraction of sp³-hybridized carbons (Fsp3) is 0.0909. The summed E-state index contributed by atoms with van der Waals surface area (Å²) in [5.41, 5.74) is 4.55. The Morgan fingerprint density at radius 3 is 2.47 bits per heavy atom. The maximum atomic E-state index is 13.6. The number of fused-ring (bicyclic) bond motifs is 4. The normalized spacial score (nSPS) is 21.5. The lowest BCUT2D eigenvalue weighted by Crippen LogP contribution is -2.48. The molecule has 1 amide bonds. The van der Waals surface area contributed by atoms with Gasteiger partial charge in [-0.2, -0.15) is 5.26 Å². The first-order valence-corrected chi connectivity index (χ1v) is 8.96. The number of rotatable bonds is 1. The number of nitrogens with two attached hydrogens (primary N) is 1. The first-order chi connectivity index (χ1) is 14.4. The Labute approximate surface area is 170 Å². The third kappa shape index (κ3) is 1.91. The van der Waals surface area contributed by atoms with Gasteiger partial charge in [0.05, 0.1) is 12.7 Å². The summed E-state index contributed by atoms with van der Waals surface area (Å²) >= 11 is 0. The van der Waals surface area contributed by atoms with E-state index in [1.807, 2.05) is 6.07 Å². The summed E-state index contributed by atoms with van der Waals surface area (Å²) in [6, 6.07) is 12.9. The van der Waals surface area contributed by atoms with Crippen molar-refractivity contribution in [2.24, 2.45) is 5.73 Å². The van der Waals surface area contributed by atoms with Gasteiger partial charge in [-0.3, -0.25) is 14.4 Å². The molecule has 0 radical (unpaired) electrons. The van der Waals surface area contributed by atoms with Crippen molar-refractivity contribution < 1.29 is 23.9 Å². The average Bonchev–Trinajstić information content (AvgIpc) is 3.03. The second-order valence-electron chi connectivity index (χ2n) is 6.98. The largest absolute Gasteiger partial charge is 0.497 e. The highest BCUT2D eigenvalue weighted by Crippen LogP contribution is 2.54. The van der Waals surface area contributed by atoms with E-state index in [0.717, 1.165) is 0 Å². The number of amides is 1. The number of nitrogens with one attached hydrogen (secondary N) is 1. The van der Waals surface area contributed by atoms with Crippen molar-refractivity contribution >= 4 is 23.2 Å². The Balaban J connectivity index is 1.91. The smallest absolute Gasteiger partial charge is 0.245 e. The molecule has 1 aliphatic carbocycles. The van der Waals surface area contributed by atoms with Gasteiger partial charge in [-0.05, 0) is 18.2 Å². The van der Waals surface area contributed by atoms with Crippen LogP contribution in [0.3, 0.4) is 0 Å². The first-order valence-electron chi connectivity index (χ1n) is 8.96. The fourth-order valence-electron chi connectivity index (χ4n) is 4.30. The number of allylic oxidation sites excluding steroid dienone is 1. The molecule has 2 heterocycles. The number of anilines is 1. The molecule has 8 nitrogen and oxygen atoms in total. The molecule has 146 valence electrons. The number of hydrogen-bond donors (Lipinski definition) is 2. The molecule has 0 saturated heterocycles. The lowest BCUT2D eigenvalue weighted by Gasteiger charge is -2.36. The molecule has 0 aromatic heterocycles. The predicted octanol–water partition coefficient (Wildman–Crippen LogP) is 1.94. The molecule has 0 bridgehead atoms. The van der Waals surface area contributed by atoms with Gasteiger partial charge in [-0.15, -0.1) is 0 Å². The van der Waals surface area contributed by atoms with Crippen molar-refractivity contribution in [3.63, 3.8) is 0 Å². The Bertz CT molecular complexity index is 1310. The van der Waals surface area contributed by atoms with Crippen LogP contribution in [0.25, 0.3) is 0 Å². The van der Waals surface area contributed by atoms with Crippen molar-refractivity contribution in [2.75, 3.05) is 12.4 Å². The summed E-state index contributed by atoms with van der Waals surface area (Å²) in [6.45, 7) is 0. The summed E-state index contributed by atoms with van der Waals surface area (Å²) in [5, 5.41) is 12.6. The van der Waals surface area contributed by atoms with Crippen LogP contribution in [0.15, 0.2) is 65.3 Å². The van der Waals surface area contributed by atoms with Crippen molar-refractivity contribution in [2.45, 2.75) is 5.41 Å². The standard InChI is InChI=1S/C22H13N3O5/c1-29-10-6-7-15-13(8-10)22(21(28)25-15)14(9-23)20(24)30-19-16(22)17(26)11-4-2-3-5-12(11)18(19)27/h2-8H,24H2,1H3,(H,25,28)/t22-/m1/s1. The number of hydrogen-bond acceptors (Lipinski definition) is 7. The topological polar surface area (TPSA) is 132 Å². The van der Waals surface area contributed by atoms with Crippen molar-refractivity contribution in [1.82, 2.24) is 0 Å². The average molecular weight is 399 g/mol. The van der Waals surface area contributed by atoms with E-state index in [0.29, 0.717) is 17.0 Å². The van der Waals surface area contributed by atoms with E-state index >= 15 is 0 Å². The van der Waals surface area contributed by atoms with Crippen molar-refractivity contribution in [3.05, 3.63) is 81.9 Å². The number of ketones is 2. The molecule has 3 N–H and O–H groups in total. The molecule has 2 aromatic rings. The second kappa shape index (κ2) is 5.81. The SMILES string of the molecule is COc1ccc2c(c1)[C@@]1(C(=O)N2)C(C#N)=C(N)OC2=C1C(=O)c1ccccc1C2=O. The summed E-state index contributed by atoms with van der Waals surface area (Å²) < 4.78 is 10.7. The van der Waals surface area contributed by atoms with Gasteiger partial charge in [-0.1, -0.05) is 24.3 Å². The van der Waals surface area contributed by atoms with Gasteiger partial charge in [0.25, 0.3) is 0 Å². The molecule has 1 atom stereocenters. The minimum absolute atomic E-state index is 0.131. The Kier molecular flexibility index (Phi) is 3.43. The number of nitrogens with zero attached hydrogens (tertiary/aromatic N) is 1. The van der Waals surface area contributed by atoms with E-state index in [2.05, 4.69) is 5.32 Å². The summed E-state index contributed by atoms with van der Waals surface area (Å²) in [5.74, 6) is -2.16. The number of benzene rings is 2. The molecule has 2 aromatic carbocycles. The maximum absolute atomic E-state index is 13.6. The third-order valence-electron chi connectivity index (χ3n) is 5.62. The van der Waals surface area contributed by atoms with Gasteiger partial charge in [0, 0.05) is 22.4 Å². The molecule has 3 aliphatic rings. The van der Waals surface area contributed by atoms with Crippen LogP contribution >= 0.6 is 0 Å². The molecule has 0 unspecified atom stereocenters. The van der Waals surface area contributed by atoms with E-state index in [1.54, 1.807) is 30.3 Å². The molecule has 2 aliphatic heterocycles. The van der Waals surface area contributed by atoms with E-state index in [-0.39, 0.29) is 28.0 Å². The molecule has 8 heteroatoms. The van der Waals surface area contributed by atoms with Gasteiger partial charge in [0.1, 0.15) is 22.8 Å². The van der Waals surface area contributed by atoms with Crippen LogP contribution in [0.5, 0.6) is 5.75 Å². The monoisotopic (exact) mass is 399 g/mol. The zero-order valence-corrected chi connectivity index (χ0v) is 15.6. The Hall–Kier alpha value is -4.38. The molecule has 5 rings (SSSR count). The minimum atomic E-state index is -1.92. The summed E-state index contributed by atoms with van der Waals surface area (Å²) in [7, 11) is 1.45. The van der Waals surface area contributed by atoms with Crippen LogP contribution in [0.4, 0.5) is 5.69 Å². The van der Waals surface area contributed by atoms with Gasteiger partial charge < -0.3 is 20.5 Å². The number of Topliss-reactive ketones (excluding diaryl/α,β-unsaturated/α-hetero) is 2. The number of carbonyl (C=O) groups is 3. The Morgan fingerprint density at radius 1 is 1.10 bits per heavy atom. The molecular formula is C22H13N3O5. The van der Waals surface area contributed by atoms with Crippen LogP contribution in [0, 0.1) is 11.3 Å². The van der Waals surface area contributed by atoms with Crippen LogP contribution in [-0.2, 0) is 14.9 Å². The van der Waals surface area contributed by atoms with E-state index < -0.39 is 28.8 Å². The number of nitriles is 1. The third-order valence-corrected chi connectivity index (χ3v) is 5.62. The molecule has 1 spiro atoms. The van der Waals surface area contributed by atoms with E-state index in [1.165, 1.54) is 19.2 Å². The quantitative estimate of drug-likeness (QED) is 0.749. The van der Waals surface area contributed by atoms with E-state index in [9.17, 15) is 19.6 Å². The highest BCUT2D eigenvalue weighted by molar-refractivity contribution is 6.31.